The van der Waals surface area contributed by atoms with Crippen molar-refractivity contribution in [2.75, 3.05) is 6.54 Å². The molecule has 3 amide bonds. The molecule has 1 unspecified atom stereocenters. The van der Waals surface area contributed by atoms with E-state index in [1.165, 1.54) is 12.6 Å². The molecular formula is C31H43N5O7. The number of alkyl carbamates (subject to hydrolysis) is 1. The third kappa shape index (κ3) is 10.0. The average Bonchev–Trinajstić information content (AvgIpc) is 3.40. The van der Waals surface area contributed by atoms with Crippen LogP contribution in [-0.2, 0) is 20.7 Å². The van der Waals surface area contributed by atoms with Gasteiger partial charge in [-0.2, -0.15) is 4.98 Å². The standard InChI is InChI=1S/C31H43N5O7/c1-30(2,3)42-28(39)34-17-10-13-22(32)27(38)36(29(40)43-31(4,5)6)23(15-14-20-11-8-7-9-12-20)24(37)21-16-18-33-26-25(21)41-19-35-26/h7-9,11-12,16,18-19,22-24,37H,10,13-15,17,32H2,1-6H3,(H,34,39)/t22-,23-,24?/m1/s1. The maximum Gasteiger partial charge on any atom is 0.417 e. The zero-order valence-electron chi connectivity index (χ0n) is 25.7. The Labute approximate surface area is 251 Å². The molecule has 3 atom stereocenters. The fraction of sp³-hybridized carbons (Fsp3) is 0.516. The molecule has 0 radical (unpaired) electrons. The van der Waals surface area contributed by atoms with Crippen LogP contribution in [0.25, 0.3) is 11.2 Å². The van der Waals surface area contributed by atoms with Crippen LogP contribution in [0.4, 0.5) is 9.59 Å². The molecule has 0 saturated carbocycles. The first-order valence-corrected chi connectivity index (χ1v) is 14.3. The molecular weight excluding hydrogens is 554 g/mol. The van der Waals surface area contributed by atoms with E-state index in [9.17, 15) is 19.5 Å². The molecule has 4 N–H and O–H groups in total. The Hall–Kier alpha value is -4.03. The highest BCUT2D eigenvalue weighted by Crippen LogP contribution is 2.31. The van der Waals surface area contributed by atoms with Crippen LogP contribution in [0.1, 0.15) is 78.0 Å². The van der Waals surface area contributed by atoms with Crippen molar-refractivity contribution in [3.05, 3.63) is 60.1 Å². The summed E-state index contributed by atoms with van der Waals surface area (Å²) in [6.07, 6.45) is 0.926. The van der Waals surface area contributed by atoms with E-state index in [1.54, 1.807) is 47.6 Å². The van der Waals surface area contributed by atoms with Crippen molar-refractivity contribution in [2.24, 2.45) is 5.73 Å². The van der Waals surface area contributed by atoms with Gasteiger partial charge in [0.25, 0.3) is 0 Å². The number of hydrogen-bond donors (Lipinski definition) is 3. The predicted molar refractivity (Wildman–Crippen MR) is 160 cm³/mol. The molecule has 2 heterocycles. The highest BCUT2D eigenvalue weighted by Gasteiger charge is 2.40. The molecule has 0 aliphatic heterocycles. The van der Waals surface area contributed by atoms with Gasteiger partial charge in [-0.25, -0.2) is 19.5 Å². The number of aliphatic hydroxyl groups is 1. The predicted octanol–water partition coefficient (Wildman–Crippen LogP) is 4.65. The fourth-order valence-corrected chi connectivity index (χ4v) is 4.45. The number of carbonyl (C=O) groups excluding carboxylic acids is 3. The molecule has 43 heavy (non-hydrogen) atoms. The van der Waals surface area contributed by atoms with Crippen LogP contribution < -0.4 is 11.1 Å². The van der Waals surface area contributed by atoms with E-state index in [2.05, 4.69) is 15.3 Å². The number of nitrogens with two attached hydrogens (primary N) is 1. The number of benzene rings is 1. The highest BCUT2D eigenvalue weighted by molar-refractivity contribution is 5.95. The van der Waals surface area contributed by atoms with Crippen molar-refractivity contribution in [1.29, 1.82) is 0 Å². The van der Waals surface area contributed by atoms with Crippen LogP contribution in [-0.4, -0.2) is 67.9 Å². The second kappa shape index (κ2) is 14.4. The highest BCUT2D eigenvalue weighted by atomic mass is 16.6. The number of nitrogens with one attached hydrogen (secondary N) is 1. The molecule has 3 rings (SSSR count). The summed E-state index contributed by atoms with van der Waals surface area (Å²) in [6, 6.07) is 8.88. The zero-order chi connectivity index (χ0) is 31.8. The number of hydrogen-bond acceptors (Lipinski definition) is 10. The number of aryl methyl sites for hydroxylation is 1. The molecule has 2 aromatic heterocycles. The normalized spacial score (nSPS) is 14.0. The maximum absolute atomic E-state index is 13.9. The van der Waals surface area contributed by atoms with Crippen molar-refractivity contribution in [3.8, 4) is 0 Å². The number of pyridine rings is 1. The number of nitrogens with zero attached hydrogens (tertiary/aromatic N) is 3. The molecule has 234 valence electrons. The van der Waals surface area contributed by atoms with Crippen molar-refractivity contribution in [1.82, 2.24) is 20.2 Å². The van der Waals surface area contributed by atoms with E-state index in [0.29, 0.717) is 18.4 Å². The van der Waals surface area contributed by atoms with E-state index in [0.717, 1.165) is 10.5 Å². The number of fused-ring (bicyclic) bond motifs is 1. The molecule has 0 aliphatic carbocycles. The van der Waals surface area contributed by atoms with E-state index in [1.807, 2.05) is 30.3 Å². The summed E-state index contributed by atoms with van der Waals surface area (Å²) in [6.45, 7) is 10.5. The van der Waals surface area contributed by atoms with Crippen molar-refractivity contribution in [2.45, 2.75) is 96.6 Å². The lowest BCUT2D eigenvalue weighted by Gasteiger charge is -2.36. The zero-order valence-corrected chi connectivity index (χ0v) is 25.7. The lowest BCUT2D eigenvalue weighted by molar-refractivity contribution is -0.137. The van der Waals surface area contributed by atoms with E-state index >= 15 is 0 Å². The van der Waals surface area contributed by atoms with Gasteiger partial charge >= 0.3 is 12.2 Å². The van der Waals surface area contributed by atoms with Crippen LogP contribution in [0.15, 0.2) is 53.4 Å². The van der Waals surface area contributed by atoms with Gasteiger partial charge in [-0.15, -0.1) is 0 Å². The van der Waals surface area contributed by atoms with Gasteiger partial charge in [0.05, 0.1) is 12.1 Å². The lowest BCUT2D eigenvalue weighted by Crippen LogP contribution is -2.55. The number of amides is 3. The van der Waals surface area contributed by atoms with Gasteiger partial charge in [0.2, 0.25) is 5.91 Å². The number of ether oxygens (including phenoxy) is 2. The monoisotopic (exact) mass is 597 g/mol. The van der Waals surface area contributed by atoms with Gasteiger partial charge in [0, 0.05) is 18.3 Å². The molecule has 0 spiro atoms. The maximum atomic E-state index is 13.9. The van der Waals surface area contributed by atoms with E-state index < -0.39 is 47.5 Å². The summed E-state index contributed by atoms with van der Waals surface area (Å²) in [7, 11) is 0. The van der Waals surface area contributed by atoms with Crippen LogP contribution in [0, 0.1) is 0 Å². The molecule has 1 aromatic carbocycles. The minimum atomic E-state index is -1.38. The number of imide groups is 1. The average molecular weight is 598 g/mol. The molecule has 12 nitrogen and oxygen atoms in total. The molecule has 0 aliphatic rings. The second-order valence-electron chi connectivity index (χ2n) is 12.3. The topological polar surface area (TPSA) is 170 Å². The van der Waals surface area contributed by atoms with Crippen LogP contribution in [0.5, 0.6) is 0 Å². The molecule has 3 aromatic rings. The van der Waals surface area contributed by atoms with Crippen LogP contribution in [0.2, 0.25) is 0 Å². The van der Waals surface area contributed by atoms with Gasteiger partial charge in [-0.3, -0.25) is 4.79 Å². The number of carbonyl (C=O) groups is 3. The SMILES string of the molecule is CC(C)(C)OC(=O)NCCC[C@@H](N)C(=O)N(C(=O)OC(C)(C)C)[C@H](CCc1ccccc1)C(O)c1ccnc2ncoc12. The number of rotatable bonds is 11. The van der Waals surface area contributed by atoms with Gasteiger partial charge in [0.1, 0.15) is 17.3 Å². The first-order chi connectivity index (χ1) is 20.2. The van der Waals surface area contributed by atoms with Crippen molar-refractivity contribution in [3.63, 3.8) is 0 Å². The van der Waals surface area contributed by atoms with E-state index in [4.69, 9.17) is 19.6 Å². The Balaban J connectivity index is 1.89. The largest absolute Gasteiger partial charge is 0.444 e. The van der Waals surface area contributed by atoms with Crippen LogP contribution in [0.3, 0.4) is 0 Å². The Morgan fingerprint density at radius 2 is 1.67 bits per heavy atom. The van der Waals surface area contributed by atoms with Crippen molar-refractivity contribution >= 4 is 29.3 Å². The number of aliphatic hydroxyl groups excluding tert-OH is 1. The third-order valence-corrected chi connectivity index (χ3v) is 6.35. The fourth-order valence-electron chi connectivity index (χ4n) is 4.45. The summed E-state index contributed by atoms with van der Waals surface area (Å²) in [5, 5.41) is 14.4. The Kier molecular flexibility index (Phi) is 11.2. The summed E-state index contributed by atoms with van der Waals surface area (Å²) in [5.74, 6) is -0.716. The smallest absolute Gasteiger partial charge is 0.417 e. The number of aromatic nitrogens is 2. The Morgan fingerprint density at radius 3 is 2.33 bits per heavy atom. The third-order valence-electron chi connectivity index (χ3n) is 6.35. The van der Waals surface area contributed by atoms with Gasteiger partial charge in [-0.05, 0) is 78.9 Å². The summed E-state index contributed by atoms with van der Waals surface area (Å²) < 4.78 is 16.4. The van der Waals surface area contributed by atoms with Gasteiger partial charge in [-0.1, -0.05) is 30.3 Å². The summed E-state index contributed by atoms with van der Waals surface area (Å²) >= 11 is 0. The Morgan fingerprint density at radius 1 is 1.00 bits per heavy atom. The minimum absolute atomic E-state index is 0.150. The lowest BCUT2D eigenvalue weighted by atomic mass is 9.94. The second-order valence-corrected chi connectivity index (χ2v) is 12.3. The molecule has 0 fully saturated rings. The Bertz CT molecular complexity index is 1360. The minimum Gasteiger partial charge on any atom is -0.444 e. The number of oxazole rings is 1. The first kappa shape index (κ1) is 33.5. The summed E-state index contributed by atoms with van der Waals surface area (Å²) in [5.41, 5.74) is 6.55. The quantitative estimate of drug-likeness (QED) is 0.264. The van der Waals surface area contributed by atoms with Gasteiger partial charge < -0.3 is 30.0 Å². The summed E-state index contributed by atoms with van der Waals surface area (Å²) in [4.78, 5) is 48.7. The molecule has 0 saturated heterocycles. The van der Waals surface area contributed by atoms with Crippen molar-refractivity contribution < 1.29 is 33.4 Å². The van der Waals surface area contributed by atoms with Gasteiger partial charge in [0.15, 0.2) is 17.6 Å². The molecule has 0 bridgehead atoms. The van der Waals surface area contributed by atoms with Crippen LogP contribution >= 0.6 is 0 Å². The first-order valence-electron chi connectivity index (χ1n) is 14.3. The van der Waals surface area contributed by atoms with E-state index in [-0.39, 0.29) is 30.6 Å². The molecule has 12 heteroatoms.